The van der Waals surface area contributed by atoms with E-state index in [0.717, 1.165) is 19.5 Å². The fourth-order valence-corrected chi connectivity index (χ4v) is 6.75. The topological polar surface area (TPSA) is 104 Å². The Balaban J connectivity index is 0.000000272. The van der Waals surface area contributed by atoms with Gasteiger partial charge in [0.15, 0.2) is 5.82 Å². The van der Waals surface area contributed by atoms with E-state index in [4.69, 9.17) is 9.47 Å². The van der Waals surface area contributed by atoms with Crippen molar-refractivity contribution >= 4 is 27.6 Å². The number of fused-ring (bicyclic) bond motifs is 3. The quantitative estimate of drug-likeness (QED) is 0.376. The molecule has 0 amide bonds. The lowest BCUT2D eigenvalue weighted by atomic mass is 9.94. The number of aromatic amines is 1. The van der Waals surface area contributed by atoms with Crippen LogP contribution in [-0.2, 0) is 4.74 Å². The molecule has 4 fully saturated rings. The molecule has 0 radical (unpaired) electrons. The zero-order chi connectivity index (χ0) is 29.0. The molecule has 1 spiro atoms. The van der Waals surface area contributed by atoms with Gasteiger partial charge in [0.2, 0.25) is 0 Å². The monoisotopic (exact) mass is 582 g/mol. The highest BCUT2D eigenvalue weighted by Crippen LogP contribution is 2.37. The van der Waals surface area contributed by atoms with E-state index in [1.807, 2.05) is 0 Å². The summed E-state index contributed by atoms with van der Waals surface area (Å²) in [5.74, 6) is -0.515. The van der Waals surface area contributed by atoms with Gasteiger partial charge >= 0.3 is 6.01 Å². The molecule has 4 saturated heterocycles. The fraction of sp³-hybridized carbons (Fsp3) is 0.517. The molecule has 3 aromatic heterocycles. The normalized spacial score (nSPS) is 23.2. The molecule has 10 nitrogen and oxygen atoms in total. The lowest BCUT2D eigenvalue weighted by Crippen LogP contribution is -2.70. The highest BCUT2D eigenvalue weighted by atomic mass is 19.1. The Morgan fingerprint density at radius 2 is 2.00 bits per heavy atom. The van der Waals surface area contributed by atoms with Gasteiger partial charge in [0, 0.05) is 49.4 Å². The Morgan fingerprint density at radius 3 is 2.76 bits per heavy atom. The molecule has 4 aliphatic rings. The first-order valence-electron chi connectivity index (χ1n) is 14.3. The third-order valence-electron chi connectivity index (χ3n) is 8.84. The molecule has 2 unspecified atom stereocenters. The fourth-order valence-electron chi connectivity index (χ4n) is 6.75. The average Bonchev–Trinajstić information content (AvgIpc) is 3.70. The zero-order valence-corrected chi connectivity index (χ0v) is 23.6. The second-order valence-electron chi connectivity index (χ2n) is 11.7. The highest BCUT2D eigenvalue weighted by molar-refractivity contribution is 5.99. The standard InChI is InChI=1S/C22H21F2N7O2.C7H12FN/c1-11-5-14(23)17-12(7-27-30-17)15(11)19-16(24)18-13(6-25-19)20(29-21(28-18)32-2)31-4-3-26-22(8-31)9-33-10-22;8-6-4-7-2-1-3-9(7)5-6/h5-7,26H,3-4,8-10H2,1-2H3,(H,27,30);6-7H,1-5H2. The molecule has 8 rings (SSSR count). The summed E-state index contributed by atoms with van der Waals surface area (Å²) in [4.78, 5) is 17.7. The van der Waals surface area contributed by atoms with Crippen molar-refractivity contribution in [1.29, 1.82) is 0 Å². The summed E-state index contributed by atoms with van der Waals surface area (Å²) in [6.45, 7) is 6.90. The molecule has 7 heterocycles. The molecular weight excluding hydrogens is 549 g/mol. The van der Waals surface area contributed by atoms with Crippen molar-refractivity contribution in [2.45, 2.75) is 43.9 Å². The third kappa shape index (κ3) is 4.63. The van der Waals surface area contributed by atoms with Crippen molar-refractivity contribution in [3.05, 3.63) is 35.7 Å². The van der Waals surface area contributed by atoms with Gasteiger partial charge in [-0.25, -0.2) is 13.2 Å². The van der Waals surface area contributed by atoms with E-state index in [9.17, 15) is 8.78 Å². The number of nitrogens with one attached hydrogen (secondary N) is 2. The minimum absolute atomic E-state index is 0.0651. The maximum atomic E-state index is 16.0. The van der Waals surface area contributed by atoms with Crippen molar-refractivity contribution in [3.63, 3.8) is 0 Å². The van der Waals surface area contributed by atoms with Gasteiger partial charge in [-0.1, -0.05) is 0 Å². The van der Waals surface area contributed by atoms with E-state index in [1.54, 1.807) is 13.1 Å². The van der Waals surface area contributed by atoms with E-state index in [1.165, 1.54) is 32.2 Å². The predicted octanol–water partition coefficient (Wildman–Crippen LogP) is 3.53. The molecule has 2 atom stereocenters. The van der Waals surface area contributed by atoms with Crippen molar-refractivity contribution in [1.82, 2.24) is 35.4 Å². The van der Waals surface area contributed by atoms with Gasteiger partial charge in [-0.3, -0.25) is 15.0 Å². The molecule has 2 N–H and O–H groups in total. The number of nitrogens with zero attached hydrogens (tertiary/aromatic N) is 6. The number of halogens is 3. The van der Waals surface area contributed by atoms with Crippen LogP contribution in [-0.4, -0.2) is 101 Å². The van der Waals surface area contributed by atoms with E-state index in [0.29, 0.717) is 66.6 Å². The number of ether oxygens (including phenoxy) is 2. The smallest absolute Gasteiger partial charge is 0.318 e. The summed E-state index contributed by atoms with van der Waals surface area (Å²) < 4.78 is 53.6. The minimum atomic E-state index is -0.622. The number of methoxy groups -OCH3 is 1. The van der Waals surface area contributed by atoms with Gasteiger partial charge in [0.05, 0.1) is 37.4 Å². The van der Waals surface area contributed by atoms with E-state index in [-0.39, 0.29) is 28.3 Å². The van der Waals surface area contributed by atoms with Crippen LogP contribution in [0.5, 0.6) is 6.01 Å². The highest BCUT2D eigenvalue weighted by Gasteiger charge is 2.43. The van der Waals surface area contributed by atoms with E-state index < -0.39 is 17.8 Å². The van der Waals surface area contributed by atoms with Crippen molar-refractivity contribution < 1.29 is 22.6 Å². The van der Waals surface area contributed by atoms with Gasteiger partial charge in [0.25, 0.3) is 0 Å². The Kier molecular flexibility index (Phi) is 6.90. The maximum Gasteiger partial charge on any atom is 0.318 e. The molecular formula is C29H33F3N8O2. The van der Waals surface area contributed by atoms with Crippen LogP contribution in [0.25, 0.3) is 33.1 Å². The Hall–Kier alpha value is -3.55. The van der Waals surface area contributed by atoms with Crippen LogP contribution in [0.15, 0.2) is 18.5 Å². The zero-order valence-electron chi connectivity index (χ0n) is 23.6. The number of alkyl halides is 1. The van der Waals surface area contributed by atoms with Crippen LogP contribution < -0.4 is 15.0 Å². The Labute approximate surface area is 240 Å². The number of anilines is 1. The van der Waals surface area contributed by atoms with Crippen LogP contribution in [0.3, 0.4) is 0 Å². The van der Waals surface area contributed by atoms with Gasteiger partial charge < -0.3 is 19.7 Å². The molecule has 13 heteroatoms. The number of benzene rings is 1. The Morgan fingerprint density at radius 1 is 1.14 bits per heavy atom. The number of pyridine rings is 1. The minimum Gasteiger partial charge on any atom is -0.467 e. The van der Waals surface area contributed by atoms with E-state index >= 15 is 4.39 Å². The SMILES string of the molecule is COc1nc(N2CCNC3(COC3)C2)c2cnc(-c3c(C)cc(F)c4[nH]ncc34)c(F)c2n1.FC1CC2CCCN2C1. The number of rotatable bonds is 3. The van der Waals surface area contributed by atoms with Crippen LogP contribution in [0.1, 0.15) is 24.8 Å². The summed E-state index contributed by atoms with van der Waals surface area (Å²) in [5, 5.41) is 11.0. The first kappa shape index (κ1) is 27.3. The van der Waals surface area contributed by atoms with Crippen molar-refractivity contribution in [2.24, 2.45) is 0 Å². The number of hydrogen-bond donors (Lipinski definition) is 2. The second kappa shape index (κ2) is 10.6. The molecule has 42 heavy (non-hydrogen) atoms. The van der Waals surface area contributed by atoms with Gasteiger partial charge in [-0.15, -0.1) is 0 Å². The number of aryl methyl sites for hydroxylation is 1. The average molecular weight is 583 g/mol. The molecule has 4 aromatic rings. The molecule has 222 valence electrons. The lowest BCUT2D eigenvalue weighted by molar-refractivity contribution is -0.0743. The van der Waals surface area contributed by atoms with Gasteiger partial charge in [0.1, 0.15) is 34.5 Å². The van der Waals surface area contributed by atoms with Crippen LogP contribution >= 0.6 is 0 Å². The van der Waals surface area contributed by atoms with Gasteiger partial charge in [-0.2, -0.15) is 15.1 Å². The second-order valence-corrected chi connectivity index (χ2v) is 11.7. The summed E-state index contributed by atoms with van der Waals surface area (Å²) >= 11 is 0. The number of H-pyrrole nitrogens is 1. The molecule has 0 aliphatic carbocycles. The summed E-state index contributed by atoms with van der Waals surface area (Å²) in [6.07, 6.45) is 5.86. The maximum absolute atomic E-state index is 16.0. The first-order chi connectivity index (χ1) is 20.4. The molecule has 0 saturated carbocycles. The Bertz CT molecular complexity index is 1630. The largest absolute Gasteiger partial charge is 0.467 e. The van der Waals surface area contributed by atoms with Crippen molar-refractivity contribution in [2.75, 3.05) is 57.9 Å². The van der Waals surface area contributed by atoms with Crippen LogP contribution in [0.4, 0.5) is 19.0 Å². The van der Waals surface area contributed by atoms with Gasteiger partial charge in [-0.05, 0) is 44.4 Å². The molecule has 0 bridgehead atoms. The molecule has 4 aliphatic heterocycles. The van der Waals surface area contributed by atoms with Crippen molar-refractivity contribution in [3.8, 4) is 17.3 Å². The predicted molar refractivity (Wildman–Crippen MR) is 151 cm³/mol. The summed E-state index contributed by atoms with van der Waals surface area (Å²) in [7, 11) is 1.45. The summed E-state index contributed by atoms with van der Waals surface area (Å²) in [5.41, 5.74) is 1.25. The third-order valence-corrected chi connectivity index (χ3v) is 8.84. The number of aromatic nitrogens is 5. The van der Waals surface area contributed by atoms with Crippen LogP contribution in [0, 0.1) is 18.6 Å². The first-order valence-corrected chi connectivity index (χ1v) is 14.3. The lowest BCUT2D eigenvalue weighted by Gasteiger charge is -2.49. The summed E-state index contributed by atoms with van der Waals surface area (Å²) in [6, 6.07) is 2.02. The van der Waals surface area contributed by atoms with Crippen LogP contribution in [0.2, 0.25) is 0 Å². The molecule has 1 aromatic carbocycles. The number of piperazine rings is 1. The number of hydrogen-bond acceptors (Lipinski definition) is 9. The van der Waals surface area contributed by atoms with E-state index in [2.05, 4.69) is 40.3 Å².